The van der Waals surface area contributed by atoms with Crippen LogP contribution < -0.4 is 19.3 Å². The summed E-state index contributed by atoms with van der Waals surface area (Å²) in [6, 6.07) is 5.22. The summed E-state index contributed by atoms with van der Waals surface area (Å²) in [5.41, 5.74) is 0.609. The predicted octanol–water partition coefficient (Wildman–Crippen LogP) is 1.24. The second kappa shape index (κ2) is 13.8. The van der Waals surface area contributed by atoms with Gasteiger partial charge in [-0.05, 0) is 35.5 Å². The minimum absolute atomic E-state index is 0.111. The van der Waals surface area contributed by atoms with Gasteiger partial charge in [0.1, 0.15) is 6.54 Å². The molecule has 1 aromatic heterocycles. The van der Waals surface area contributed by atoms with Crippen LogP contribution in [-0.4, -0.2) is 134 Å². The summed E-state index contributed by atoms with van der Waals surface area (Å²) in [4.78, 5) is 59.0. The van der Waals surface area contributed by atoms with E-state index < -0.39 is 11.1 Å². The van der Waals surface area contributed by atoms with E-state index in [-0.39, 0.29) is 23.4 Å². The van der Waals surface area contributed by atoms with Crippen LogP contribution in [0.5, 0.6) is 17.5 Å². The number of ether oxygens (including phenoxy) is 5. The van der Waals surface area contributed by atoms with E-state index in [0.717, 1.165) is 16.7 Å². The first-order valence-corrected chi connectivity index (χ1v) is 15.2. The van der Waals surface area contributed by atoms with Gasteiger partial charge in [-0.2, -0.15) is 15.0 Å². The van der Waals surface area contributed by atoms with Crippen molar-refractivity contribution in [2.24, 2.45) is 0 Å². The highest BCUT2D eigenvalue weighted by atomic mass is 32.2. The van der Waals surface area contributed by atoms with E-state index in [1.54, 1.807) is 29.2 Å². The molecule has 234 valence electrons. The Morgan fingerprint density at radius 1 is 0.864 bits per heavy atom. The van der Waals surface area contributed by atoms with Crippen molar-refractivity contribution < 1.29 is 38.1 Å². The third-order valence-electron chi connectivity index (χ3n) is 7.40. The highest BCUT2D eigenvalue weighted by Gasteiger charge is 2.37. The molecule has 4 fully saturated rings. The zero-order chi connectivity index (χ0) is 30.5. The van der Waals surface area contributed by atoms with Crippen molar-refractivity contribution in [2.45, 2.75) is 0 Å². The van der Waals surface area contributed by atoms with Crippen LogP contribution in [0.3, 0.4) is 0 Å². The first-order chi connectivity index (χ1) is 21.5. The number of benzene rings is 1. The van der Waals surface area contributed by atoms with Crippen molar-refractivity contribution in [3.8, 4) is 17.5 Å². The molecule has 0 aliphatic carbocycles. The maximum atomic E-state index is 13.0. The molecular weight excluding hydrogens is 594 g/mol. The maximum Gasteiger partial charge on any atom is 0.328 e. The van der Waals surface area contributed by atoms with E-state index in [2.05, 4.69) is 9.97 Å². The number of rotatable bonds is 8. The van der Waals surface area contributed by atoms with Crippen molar-refractivity contribution in [3.05, 3.63) is 28.7 Å². The number of methoxy groups -OCH3 is 1. The fraction of sp³-hybridized carbons (Fsp3) is 0.500. The molecular formula is C28H33N7O8S. The Kier molecular flexibility index (Phi) is 9.40. The topological polar surface area (TPSA) is 149 Å². The minimum Gasteiger partial charge on any atom is -0.493 e. The molecule has 0 atom stereocenters. The third-order valence-corrected chi connectivity index (χ3v) is 8.30. The largest absolute Gasteiger partial charge is 0.493 e. The van der Waals surface area contributed by atoms with Gasteiger partial charge in [-0.15, -0.1) is 0 Å². The molecule has 6 rings (SSSR count). The number of amides is 3. The number of hydrogen-bond donors (Lipinski definition) is 0. The fourth-order valence-electron chi connectivity index (χ4n) is 4.98. The minimum atomic E-state index is -0.516. The monoisotopic (exact) mass is 627 g/mol. The Morgan fingerprint density at radius 2 is 1.45 bits per heavy atom. The Morgan fingerprint density at radius 3 is 2.05 bits per heavy atom. The SMILES string of the molecule is COc1cc(/C=C2\SC(=O)N(CC(=O)N3CCOCC3)C2=O)ccc1Oc1nc(N2CCOCC2)nc(N2CCOCC2)n1. The summed E-state index contributed by atoms with van der Waals surface area (Å²) >= 11 is 0.793. The van der Waals surface area contributed by atoms with Gasteiger partial charge in [0.2, 0.25) is 17.8 Å². The van der Waals surface area contributed by atoms with Crippen molar-refractivity contribution in [2.75, 3.05) is 102 Å². The third kappa shape index (κ3) is 6.88. The number of carbonyl (C=O) groups excluding carboxylic acids is 3. The van der Waals surface area contributed by atoms with Crippen LogP contribution in [0.1, 0.15) is 5.56 Å². The number of anilines is 2. The molecule has 3 amide bonds. The summed E-state index contributed by atoms with van der Waals surface area (Å²) in [6.07, 6.45) is 1.59. The van der Waals surface area contributed by atoms with Crippen LogP contribution in [0.4, 0.5) is 16.7 Å². The van der Waals surface area contributed by atoms with Crippen LogP contribution in [-0.2, 0) is 23.8 Å². The van der Waals surface area contributed by atoms with Crippen LogP contribution in [0, 0.1) is 0 Å². The van der Waals surface area contributed by atoms with Crippen molar-refractivity contribution >= 4 is 46.8 Å². The molecule has 44 heavy (non-hydrogen) atoms. The Bertz CT molecular complexity index is 1390. The van der Waals surface area contributed by atoms with Crippen molar-refractivity contribution in [1.29, 1.82) is 0 Å². The van der Waals surface area contributed by atoms with Crippen molar-refractivity contribution in [1.82, 2.24) is 24.8 Å². The molecule has 5 heterocycles. The number of morpholine rings is 3. The molecule has 4 aliphatic heterocycles. The van der Waals surface area contributed by atoms with Crippen LogP contribution >= 0.6 is 11.8 Å². The van der Waals surface area contributed by atoms with E-state index in [4.69, 9.17) is 28.7 Å². The number of imide groups is 1. The molecule has 0 N–H and O–H groups in total. The van der Waals surface area contributed by atoms with Gasteiger partial charge in [0.05, 0.1) is 51.7 Å². The maximum absolute atomic E-state index is 13.0. The van der Waals surface area contributed by atoms with E-state index in [1.165, 1.54) is 7.11 Å². The molecule has 0 spiro atoms. The fourth-order valence-corrected chi connectivity index (χ4v) is 5.82. The lowest BCUT2D eigenvalue weighted by Gasteiger charge is -2.30. The van der Waals surface area contributed by atoms with Gasteiger partial charge in [-0.1, -0.05) is 6.07 Å². The van der Waals surface area contributed by atoms with E-state index in [1.807, 2.05) is 9.80 Å². The second-order valence-electron chi connectivity index (χ2n) is 10.2. The molecule has 2 aromatic rings. The molecule has 0 bridgehead atoms. The Hall–Kier alpha value is -3.99. The average molecular weight is 628 g/mol. The normalized spacial score (nSPS) is 20.4. The molecule has 4 aliphatic rings. The zero-order valence-corrected chi connectivity index (χ0v) is 25.1. The van der Waals surface area contributed by atoms with Gasteiger partial charge in [-0.3, -0.25) is 19.3 Å². The molecule has 1 aromatic carbocycles. The van der Waals surface area contributed by atoms with Gasteiger partial charge in [0, 0.05) is 39.3 Å². The quantitative estimate of drug-likeness (QED) is 0.386. The molecule has 16 heteroatoms. The van der Waals surface area contributed by atoms with Crippen LogP contribution in [0.15, 0.2) is 23.1 Å². The Labute approximate surface area is 258 Å². The number of hydrogen-bond acceptors (Lipinski definition) is 14. The summed E-state index contributed by atoms with van der Waals surface area (Å²) in [6.45, 7) is 6.35. The lowest BCUT2D eigenvalue weighted by atomic mass is 10.2. The number of thioether (sulfide) groups is 1. The van der Waals surface area contributed by atoms with E-state index in [0.29, 0.717) is 108 Å². The number of aromatic nitrogens is 3. The van der Waals surface area contributed by atoms with Gasteiger partial charge >= 0.3 is 6.01 Å². The van der Waals surface area contributed by atoms with Crippen LogP contribution in [0.25, 0.3) is 6.08 Å². The summed E-state index contributed by atoms with van der Waals surface area (Å²) < 4.78 is 28.0. The second-order valence-corrected chi connectivity index (χ2v) is 11.2. The lowest BCUT2D eigenvalue weighted by molar-refractivity contribution is -0.139. The average Bonchev–Trinajstić information content (AvgIpc) is 3.33. The molecule has 0 unspecified atom stereocenters. The highest BCUT2D eigenvalue weighted by Crippen LogP contribution is 2.36. The lowest BCUT2D eigenvalue weighted by Crippen LogP contribution is -2.46. The standard InChI is InChI=1S/C28H33N7O8S/c1-39-21-16-19(17-22-24(37)35(28(38)44-22)18-23(36)32-4-10-40-11-5-32)2-3-20(21)43-27-30-25(33-6-12-41-13-7-33)29-26(31-27)34-8-14-42-15-9-34/h2-3,16-17H,4-15,18H2,1H3/b22-17-. The zero-order valence-electron chi connectivity index (χ0n) is 24.3. The first kappa shape index (κ1) is 30.1. The van der Waals surface area contributed by atoms with Gasteiger partial charge in [-0.25, -0.2) is 0 Å². The summed E-state index contributed by atoms with van der Waals surface area (Å²) in [5, 5.41) is -0.489. The van der Waals surface area contributed by atoms with Crippen molar-refractivity contribution in [3.63, 3.8) is 0 Å². The summed E-state index contributed by atoms with van der Waals surface area (Å²) in [5.74, 6) is 0.934. The highest BCUT2D eigenvalue weighted by molar-refractivity contribution is 8.18. The molecule has 15 nitrogen and oxygen atoms in total. The Balaban J connectivity index is 1.19. The summed E-state index contributed by atoms with van der Waals surface area (Å²) in [7, 11) is 1.50. The van der Waals surface area contributed by atoms with Gasteiger partial charge in [0.25, 0.3) is 11.1 Å². The first-order valence-electron chi connectivity index (χ1n) is 14.4. The number of carbonyl (C=O) groups is 3. The van der Waals surface area contributed by atoms with E-state index in [9.17, 15) is 14.4 Å². The molecule has 4 saturated heterocycles. The predicted molar refractivity (Wildman–Crippen MR) is 159 cm³/mol. The van der Waals surface area contributed by atoms with Crippen LogP contribution in [0.2, 0.25) is 0 Å². The smallest absolute Gasteiger partial charge is 0.328 e. The van der Waals surface area contributed by atoms with E-state index >= 15 is 0 Å². The molecule has 0 saturated carbocycles. The van der Waals surface area contributed by atoms with Gasteiger partial charge in [0.15, 0.2) is 11.5 Å². The number of nitrogens with zero attached hydrogens (tertiary/aromatic N) is 7. The van der Waals surface area contributed by atoms with Gasteiger partial charge < -0.3 is 38.4 Å². The molecule has 0 radical (unpaired) electrons.